The van der Waals surface area contributed by atoms with Crippen LogP contribution in [0, 0.1) is 5.92 Å². The molecule has 1 atom stereocenters. The lowest BCUT2D eigenvalue weighted by Gasteiger charge is -2.32. The molecular weight excluding hydrogens is 230 g/mol. The number of hydrogen-bond acceptors (Lipinski definition) is 4. The van der Waals surface area contributed by atoms with Crippen molar-refractivity contribution in [2.75, 3.05) is 19.6 Å². The highest BCUT2D eigenvalue weighted by atomic mass is 16.2. The molecule has 100 valence electrons. The molecule has 0 bridgehead atoms. The Morgan fingerprint density at radius 3 is 3.00 bits per heavy atom. The van der Waals surface area contributed by atoms with Gasteiger partial charge in [0.2, 0.25) is 0 Å². The van der Waals surface area contributed by atoms with Gasteiger partial charge in [-0.3, -0.25) is 4.79 Å². The topological polar surface area (TPSA) is 73.9 Å². The Hall–Kier alpha value is -1.43. The van der Waals surface area contributed by atoms with Crippen LogP contribution in [0.15, 0.2) is 6.20 Å². The molecule has 1 amide bonds. The Morgan fingerprint density at radius 1 is 1.61 bits per heavy atom. The summed E-state index contributed by atoms with van der Waals surface area (Å²) in [6.45, 7) is 6.95. The normalized spacial score (nSPS) is 20.1. The Labute approximate surface area is 107 Å². The van der Waals surface area contributed by atoms with Crippen molar-refractivity contribution in [1.29, 1.82) is 0 Å². The third kappa shape index (κ3) is 3.07. The molecule has 1 aliphatic rings. The summed E-state index contributed by atoms with van der Waals surface area (Å²) in [6.07, 6.45) is 3.86. The van der Waals surface area contributed by atoms with E-state index in [2.05, 4.69) is 20.7 Å². The summed E-state index contributed by atoms with van der Waals surface area (Å²) in [5.74, 6) is 0.501. The first kappa shape index (κ1) is 13.0. The molecule has 0 saturated carbocycles. The highest BCUT2D eigenvalue weighted by Crippen LogP contribution is 2.15. The molecule has 0 aromatic carbocycles. The fourth-order valence-corrected chi connectivity index (χ4v) is 2.34. The molecule has 1 unspecified atom stereocenters. The lowest BCUT2D eigenvalue weighted by atomic mass is 9.98. The molecule has 2 heterocycles. The fraction of sp³-hybridized carbons (Fsp3) is 0.750. The van der Waals surface area contributed by atoms with Crippen molar-refractivity contribution in [1.82, 2.24) is 25.6 Å². The maximum absolute atomic E-state index is 12.3. The van der Waals surface area contributed by atoms with Gasteiger partial charge in [0.15, 0.2) is 5.69 Å². The summed E-state index contributed by atoms with van der Waals surface area (Å²) in [7, 11) is 0. The standard InChI is InChI=1S/C12H21N5O/c1-9(2)17(8-10-4-3-5-13-6-10)12(18)11-7-14-16-15-11/h7,9-10,13H,3-6,8H2,1-2H3,(H,14,15,16). The molecular formula is C12H21N5O. The van der Waals surface area contributed by atoms with Crippen molar-refractivity contribution in [2.45, 2.75) is 32.7 Å². The van der Waals surface area contributed by atoms with E-state index in [9.17, 15) is 4.79 Å². The zero-order valence-electron chi connectivity index (χ0n) is 11.0. The van der Waals surface area contributed by atoms with Crippen molar-refractivity contribution in [2.24, 2.45) is 5.92 Å². The van der Waals surface area contributed by atoms with Crippen LogP contribution in [-0.4, -0.2) is 51.9 Å². The Morgan fingerprint density at radius 2 is 2.44 bits per heavy atom. The minimum absolute atomic E-state index is 0.0377. The smallest absolute Gasteiger partial charge is 0.276 e. The predicted molar refractivity (Wildman–Crippen MR) is 68.1 cm³/mol. The van der Waals surface area contributed by atoms with Gasteiger partial charge in [0.25, 0.3) is 5.91 Å². The van der Waals surface area contributed by atoms with Crippen LogP contribution in [0.3, 0.4) is 0 Å². The summed E-state index contributed by atoms with van der Waals surface area (Å²) in [5.41, 5.74) is 0.396. The van der Waals surface area contributed by atoms with Crippen LogP contribution in [-0.2, 0) is 0 Å². The van der Waals surface area contributed by atoms with Crippen LogP contribution < -0.4 is 5.32 Å². The largest absolute Gasteiger partial charge is 0.334 e. The first-order valence-corrected chi connectivity index (χ1v) is 6.56. The molecule has 2 rings (SSSR count). The Balaban J connectivity index is 2.01. The number of amides is 1. The maximum atomic E-state index is 12.3. The molecule has 2 N–H and O–H groups in total. The lowest BCUT2D eigenvalue weighted by molar-refractivity contribution is 0.0654. The zero-order chi connectivity index (χ0) is 13.0. The number of piperidine rings is 1. The van der Waals surface area contributed by atoms with Gasteiger partial charge in [0, 0.05) is 12.6 Å². The highest BCUT2D eigenvalue weighted by molar-refractivity contribution is 5.92. The number of nitrogens with zero attached hydrogens (tertiary/aromatic N) is 3. The van der Waals surface area contributed by atoms with Crippen LogP contribution in [0.25, 0.3) is 0 Å². The third-order valence-electron chi connectivity index (χ3n) is 3.37. The van der Waals surface area contributed by atoms with Crippen LogP contribution in [0.1, 0.15) is 37.2 Å². The van der Waals surface area contributed by atoms with Gasteiger partial charge < -0.3 is 10.2 Å². The average molecular weight is 251 g/mol. The molecule has 6 nitrogen and oxygen atoms in total. The molecule has 1 aromatic rings. The first-order valence-electron chi connectivity index (χ1n) is 6.56. The van der Waals surface area contributed by atoms with Crippen LogP contribution in [0.5, 0.6) is 0 Å². The van der Waals surface area contributed by atoms with Crippen LogP contribution in [0.4, 0.5) is 0 Å². The number of H-pyrrole nitrogens is 1. The molecule has 18 heavy (non-hydrogen) atoms. The molecule has 1 fully saturated rings. The van der Waals surface area contributed by atoms with E-state index >= 15 is 0 Å². The van der Waals surface area contributed by atoms with Gasteiger partial charge >= 0.3 is 0 Å². The van der Waals surface area contributed by atoms with E-state index in [1.807, 2.05) is 18.7 Å². The van der Waals surface area contributed by atoms with Crippen LogP contribution in [0.2, 0.25) is 0 Å². The van der Waals surface area contributed by atoms with E-state index in [-0.39, 0.29) is 11.9 Å². The van der Waals surface area contributed by atoms with E-state index in [0.717, 1.165) is 19.6 Å². The van der Waals surface area contributed by atoms with E-state index < -0.39 is 0 Å². The Kier molecular flexibility index (Phi) is 4.30. The molecule has 0 aliphatic carbocycles. The van der Waals surface area contributed by atoms with Gasteiger partial charge in [0.05, 0.1) is 6.20 Å². The molecule has 1 aliphatic heterocycles. The van der Waals surface area contributed by atoms with Crippen molar-refractivity contribution in [3.63, 3.8) is 0 Å². The van der Waals surface area contributed by atoms with Gasteiger partial charge in [-0.2, -0.15) is 15.4 Å². The number of nitrogens with one attached hydrogen (secondary N) is 2. The average Bonchev–Trinajstić information content (AvgIpc) is 2.90. The van der Waals surface area contributed by atoms with Crippen LogP contribution >= 0.6 is 0 Å². The van der Waals surface area contributed by atoms with E-state index in [1.54, 1.807) is 0 Å². The van der Waals surface area contributed by atoms with Crippen molar-refractivity contribution >= 4 is 5.91 Å². The number of rotatable bonds is 4. The second kappa shape index (κ2) is 5.95. The van der Waals surface area contributed by atoms with Gasteiger partial charge in [-0.25, -0.2) is 0 Å². The summed E-state index contributed by atoms with van der Waals surface area (Å²) in [5, 5.41) is 13.4. The number of aromatic amines is 1. The van der Waals surface area contributed by atoms with Crippen molar-refractivity contribution in [3.05, 3.63) is 11.9 Å². The Bertz CT molecular complexity index is 370. The van der Waals surface area contributed by atoms with E-state index in [4.69, 9.17) is 0 Å². The molecule has 1 saturated heterocycles. The first-order chi connectivity index (χ1) is 8.68. The van der Waals surface area contributed by atoms with Gasteiger partial charge in [-0.05, 0) is 45.7 Å². The minimum atomic E-state index is -0.0377. The minimum Gasteiger partial charge on any atom is -0.334 e. The van der Waals surface area contributed by atoms with Crippen molar-refractivity contribution in [3.8, 4) is 0 Å². The predicted octanol–water partition coefficient (Wildman–Crippen LogP) is 0.655. The molecule has 0 spiro atoms. The second-order valence-electron chi connectivity index (χ2n) is 5.12. The number of aromatic nitrogens is 3. The van der Waals surface area contributed by atoms with Crippen molar-refractivity contribution < 1.29 is 4.79 Å². The number of carbonyl (C=O) groups is 1. The fourth-order valence-electron chi connectivity index (χ4n) is 2.34. The summed E-state index contributed by atoms with van der Waals surface area (Å²) in [6, 6.07) is 0.177. The molecule has 1 aromatic heterocycles. The summed E-state index contributed by atoms with van der Waals surface area (Å²) in [4.78, 5) is 14.2. The summed E-state index contributed by atoms with van der Waals surface area (Å²) < 4.78 is 0. The van der Waals surface area contributed by atoms with E-state index in [0.29, 0.717) is 11.6 Å². The molecule has 0 radical (unpaired) electrons. The highest BCUT2D eigenvalue weighted by Gasteiger charge is 2.25. The van der Waals surface area contributed by atoms with Gasteiger partial charge in [-0.15, -0.1) is 0 Å². The maximum Gasteiger partial charge on any atom is 0.276 e. The van der Waals surface area contributed by atoms with Gasteiger partial charge in [-0.1, -0.05) is 0 Å². The molecule has 6 heteroatoms. The number of hydrogen-bond donors (Lipinski definition) is 2. The number of carbonyl (C=O) groups excluding carboxylic acids is 1. The summed E-state index contributed by atoms with van der Waals surface area (Å²) >= 11 is 0. The van der Waals surface area contributed by atoms with E-state index in [1.165, 1.54) is 19.0 Å². The second-order valence-corrected chi connectivity index (χ2v) is 5.12. The SMILES string of the molecule is CC(C)N(CC1CCCNC1)C(=O)c1cn[nH]n1. The zero-order valence-corrected chi connectivity index (χ0v) is 11.0. The lowest BCUT2D eigenvalue weighted by Crippen LogP contribution is -2.44. The third-order valence-corrected chi connectivity index (χ3v) is 3.37. The van der Waals surface area contributed by atoms with Gasteiger partial charge in [0.1, 0.15) is 0 Å². The monoisotopic (exact) mass is 251 g/mol. The quantitative estimate of drug-likeness (QED) is 0.824.